The number of carboxylic acid groups (broad SMARTS) is 1. The Kier molecular flexibility index (Phi) is 5.37. The van der Waals surface area contributed by atoms with Crippen molar-refractivity contribution in [1.29, 1.82) is 0 Å². The first kappa shape index (κ1) is 18.0. The summed E-state index contributed by atoms with van der Waals surface area (Å²) < 4.78 is 26.3. The molecule has 0 aliphatic rings. The van der Waals surface area contributed by atoms with Crippen LogP contribution in [0, 0.1) is 10.1 Å². The SMILES string of the molecule is C=CCC(NC(=O)[O-])c1ccnc(-c2c([N+](=O)[O-])cnn2C(F)F)c1. The molecular formula is C14H12F2N5O4-. The number of halogens is 2. The lowest BCUT2D eigenvalue weighted by molar-refractivity contribution is -0.384. The first-order valence-electron chi connectivity index (χ1n) is 6.90. The fourth-order valence-electron chi connectivity index (χ4n) is 2.26. The number of nitro groups is 1. The third kappa shape index (κ3) is 3.94. The number of carbonyl (C=O) groups is 1. The number of aromatic nitrogens is 3. The van der Waals surface area contributed by atoms with Crippen molar-refractivity contribution in [2.45, 2.75) is 19.0 Å². The van der Waals surface area contributed by atoms with Gasteiger partial charge in [-0.1, -0.05) is 6.08 Å². The summed E-state index contributed by atoms with van der Waals surface area (Å²) in [5.41, 5.74) is -0.910. The Morgan fingerprint density at radius 2 is 2.24 bits per heavy atom. The number of carbonyl (C=O) groups excluding carboxylic acids is 1. The summed E-state index contributed by atoms with van der Waals surface area (Å²) in [5.74, 6) is 0. The Morgan fingerprint density at radius 1 is 1.52 bits per heavy atom. The Labute approximate surface area is 139 Å². The topological polar surface area (TPSA) is 126 Å². The number of hydrogen-bond donors (Lipinski definition) is 1. The summed E-state index contributed by atoms with van der Waals surface area (Å²) >= 11 is 0. The van der Waals surface area contributed by atoms with E-state index in [-0.39, 0.29) is 16.8 Å². The molecule has 2 aromatic heterocycles. The predicted octanol–water partition coefficient (Wildman–Crippen LogP) is 1.80. The number of pyridine rings is 1. The van der Waals surface area contributed by atoms with E-state index in [9.17, 15) is 28.8 Å². The molecule has 132 valence electrons. The number of hydrogen-bond acceptors (Lipinski definition) is 6. The van der Waals surface area contributed by atoms with E-state index in [0.29, 0.717) is 11.8 Å². The molecule has 0 radical (unpaired) electrons. The predicted molar refractivity (Wildman–Crippen MR) is 79.5 cm³/mol. The van der Waals surface area contributed by atoms with Crippen molar-refractivity contribution in [2.24, 2.45) is 0 Å². The van der Waals surface area contributed by atoms with Crippen molar-refractivity contribution >= 4 is 11.8 Å². The summed E-state index contributed by atoms with van der Waals surface area (Å²) in [5, 5.41) is 27.3. The van der Waals surface area contributed by atoms with Crippen molar-refractivity contribution in [3.8, 4) is 11.4 Å². The molecule has 9 nitrogen and oxygen atoms in total. The third-order valence-corrected chi connectivity index (χ3v) is 3.28. The van der Waals surface area contributed by atoms with Crippen LogP contribution in [0.2, 0.25) is 0 Å². The number of nitrogens with one attached hydrogen (secondary N) is 1. The highest BCUT2D eigenvalue weighted by molar-refractivity contribution is 5.67. The first-order chi connectivity index (χ1) is 11.8. The number of nitrogens with zero attached hydrogens (tertiary/aromatic N) is 4. The van der Waals surface area contributed by atoms with Crippen molar-refractivity contribution < 1.29 is 23.6 Å². The van der Waals surface area contributed by atoms with E-state index < -0.39 is 35.0 Å². The largest absolute Gasteiger partial charge is 0.530 e. The highest BCUT2D eigenvalue weighted by Gasteiger charge is 2.27. The second kappa shape index (κ2) is 7.47. The van der Waals surface area contributed by atoms with Gasteiger partial charge < -0.3 is 15.2 Å². The minimum atomic E-state index is -3.11. The molecule has 2 aromatic rings. The zero-order chi connectivity index (χ0) is 18.6. The van der Waals surface area contributed by atoms with E-state index >= 15 is 0 Å². The van der Waals surface area contributed by atoms with Crippen molar-refractivity contribution in [1.82, 2.24) is 20.1 Å². The van der Waals surface area contributed by atoms with Crippen LogP contribution in [0.15, 0.2) is 37.2 Å². The lowest BCUT2D eigenvalue weighted by Gasteiger charge is -2.19. The summed E-state index contributed by atoms with van der Waals surface area (Å²) in [6.07, 6.45) is 2.04. The van der Waals surface area contributed by atoms with Gasteiger partial charge in [0, 0.05) is 6.20 Å². The first-order valence-corrected chi connectivity index (χ1v) is 6.90. The molecule has 1 N–H and O–H groups in total. The molecule has 2 rings (SSSR count). The molecule has 0 aromatic carbocycles. The van der Waals surface area contributed by atoms with E-state index in [1.165, 1.54) is 24.4 Å². The maximum atomic E-state index is 13.1. The lowest BCUT2D eigenvalue weighted by Crippen LogP contribution is -2.38. The molecule has 1 amide bonds. The molecule has 0 bridgehead atoms. The Hall–Kier alpha value is -3.37. The summed E-state index contributed by atoms with van der Waals surface area (Å²) in [6.45, 7) is 0.397. The van der Waals surface area contributed by atoms with Gasteiger partial charge in [-0.2, -0.15) is 18.6 Å². The van der Waals surface area contributed by atoms with Gasteiger partial charge in [-0.15, -0.1) is 6.58 Å². The van der Waals surface area contributed by atoms with E-state index in [1.807, 2.05) is 0 Å². The van der Waals surface area contributed by atoms with Crippen LogP contribution >= 0.6 is 0 Å². The van der Waals surface area contributed by atoms with E-state index in [1.54, 1.807) is 0 Å². The minimum absolute atomic E-state index is 0.142. The number of alkyl halides is 2. The Balaban J connectivity index is 2.55. The zero-order valence-corrected chi connectivity index (χ0v) is 12.6. The summed E-state index contributed by atoms with van der Waals surface area (Å²) in [4.78, 5) is 24.9. The van der Waals surface area contributed by atoms with Gasteiger partial charge in [0.15, 0.2) is 5.69 Å². The highest BCUT2D eigenvalue weighted by Crippen LogP contribution is 2.32. The lowest BCUT2D eigenvalue weighted by atomic mass is 10.0. The smallest absolute Gasteiger partial charge is 0.334 e. The fraction of sp³-hybridized carbons (Fsp3) is 0.214. The number of amides is 1. The fourth-order valence-corrected chi connectivity index (χ4v) is 2.26. The van der Waals surface area contributed by atoms with Gasteiger partial charge in [0.2, 0.25) is 0 Å². The van der Waals surface area contributed by atoms with Gasteiger partial charge in [0.25, 0.3) is 0 Å². The molecule has 1 unspecified atom stereocenters. The summed E-state index contributed by atoms with van der Waals surface area (Å²) in [7, 11) is 0. The van der Waals surface area contributed by atoms with Gasteiger partial charge in [-0.05, 0) is 24.1 Å². The quantitative estimate of drug-likeness (QED) is 0.460. The van der Waals surface area contributed by atoms with Crippen LogP contribution in [0.5, 0.6) is 0 Å². The molecule has 0 aliphatic heterocycles. The molecule has 0 saturated carbocycles. The van der Waals surface area contributed by atoms with Gasteiger partial charge >= 0.3 is 12.2 Å². The van der Waals surface area contributed by atoms with Crippen LogP contribution in [-0.4, -0.2) is 25.8 Å². The van der Waals surface area contributed by atoms with Crippen LogP contribution in [0.1, 0.15) is 24.6 Å². The maximum absolute atomic E-state index is 13.1. The van der Waals surface area contributed by atoms with Gasteiger partial charge in [0.05, 0.1) is 16.7 Å². The molecule has 0 spiro atoms. The molecule has 2 heterocycles. The van der Waals surface area contributed by atoms with Crippen molar-refractivity contribution in [3.63, 3.8) is 0 Å². The van der Waals surface area contributed by atoms with Crippen LogP contribution in [0.4, 0.5) is 19.3 Å². The van der Waals surface area contributed by atoms with Gasteiger partial charge in [-0.3, -0.25) is 15.1 Å². The molecule has 0 saturated heterocycles. The normalized spacial score (nSPS) is 12.0. The second-order valence-corrected chi connectivity index (χ2v) is 4.84. The standard InChI is InChI=1S/C14H13F2N5O4/c1-2-3-9(19-14(22)23)8-4-5-17-10(6-8)12-11(21(24)25)7-18-20(12)13(15)16/h2,4-7,9,13,19H,1,3H2,(H,22,23)/p-1. The molecule has 0 aliphatic carbocycles. The second-order valence-electron chi connectivity index (χ2n) is 4.84. The van der Waals surface area contributed by atoms with Crippen LogP contribution in [0.25, 0.3) is 11.4 Å². The molecule has 25 heavy (non-hydrogen) atoms. The van der Waals surface area contributed by atoms with Crippen molar-refractivity contribution in [3.05, 3.63) is 52.9 Å². The molecule has 0 fully saturated rings. The van der Waals surface area contributed by atoms with E-state index in [4.69, 9.17) is 0 Å². The highest BCUT2D eigenvalue weighted by atomic mass is 19.3. The van der Waals surface area contributed by atoms with Crippen LogP contribution < -0.4 is 10.4 Å². The minimum Gasteiger partial charge on any atom is -0.530 e. The van der Waals surface area contributed by atoms with Crippen LogP contribution in [-0.2, 0) is 0 Å². The van der Waals surface area contributed by atoms with Gasteiger partial charge in [-0.25, -0.2) is 0 Å². The Bertz CT molecular complexity index is 808. The third-order valence-electron chi connectivity index (χ3n) is 3.28. The maximum Gasteiger partial charge on any atom is 0.334 e. The molecule has 1 atom stereocenters. The van der Waals surface area contributed by atoms with E-state index in [0.717, 1.165) is 0 Å². The van der Waals surface area contributed by atoms with E-state index in [2.05, 4.69) is 22.0 Å². The summed E-state index contributed by atoms with van der Waals surface area (Å²) in [6, 6.07) is 1.95. The zero-order valence-electron chi connectivity index (χ0n) is 12.6. The van der Waals surface area contributed by atoms with Crippen molar-refractivity contribution in [2.75, 3.05) is 0 Å². The Morgan fingerprint density at radius 3 is 2.80 bits per heavy atom. The average molecular weight is 352 g/mol. The number of rotatable bonds is 7. The average Bonchev–Trinajstić information content (AvgIpc) is 2.99. The molecule has 11 heteroatoms. The van der Waals surface area contributed by atoms with Gasteiger partial charge in [0.1, 0.15) is 12.3 Å². The monoisotopic (exact) mass is 352 g/mol. The molecular weight excluding hydrogens is 340 g/mol. The van der Waals surface area contributed by atoms with Crippen LogP contribution in [0.3, 0.4) is 0 Å².